The summed E-state index contributed by atoms with van der Waals surface area (Å²) in [5.41, 5.74) is 0. The first-order valence-corrected chi connectivity index (χ1v) is 9.58. The maximum absolute atomic E-state index is 12.3. The number of hydrogen-bond acceptors (Lipinski definition) is 6. The summed E-state index contributed by atoms with van der Waals surface area (Å²) in [7, 11) is -3.65. The van der Waals surface area contributed by atoms with Crippen LogP contribution in [0.4, 0.5) is 0 Å². The first kappa shape index (κ1) is 16.1. The maximum Gasteiger partial charge on any atom is 0.243 e. The van der Waals surface area contributed by atoms with Crippen LogP contribution >= 0.6 is 38.6 Å². The van der Waals surface area contributed by atoms with Gasteiger partial charge in [0, 0.05) is 16.0 Å². The molecule has 0 spiro atoms. The second-order valence-corrected chi connectivity index (χ2v) is 9.56. The zero-order valence-corrected chi connectivity index (χ0v) is 14.8. The number of hydrogen-bond donors (Lipinski definition) is 2. The van der Waals surface area contributed by atoms with E-state index in [1.807, 2.05) is 6.92 Å². The Hall–Kier alpha value is -0.320. The van der Waals surface area contributed by atoms with Gasteiger partial charge in [-0.05, 0) is 35.8 Å². The molecule has 9 heteroatoms. The van der Waals surface area contributed by atoms with Crippen LogP contribution in [0.15, 0.2) is 20.9 Å². The zero-order chi connectivity index (χ0) is 14.9. The van der Waals surface area contributed by atoms with E-state index >= 15 is 0 Å². The highest BCUT2D eigenvalue weighted by atomic mass is 79.9. The van der Waals surface area contributed by atoms with Crippen molar-refractivity contribution in [2.45, 2.75) is 31.4 Å². The Morgan fingerprint density at radius 1 is 1.50 bits per heavy atom. The molecule has 20 heavy (non-hydrogen) atoms. The average molecular weight is 397 g/mol. The molecular formula is C11H13BrN2O3S3. The molecule has 2 N–H and O–H groups in total. The molecule has 110 valence electrons. The van der Waals surface area contributed by atoms with Gasteiger partial charge in [-0.2, -0.15) is 0 Å². The molecule has 1 atom stereocenters. The molecule has 0 fully saturated rings. The smallest absolute Gasteiger partial charge is 0.243 e. The van der Waals surface area contributed by atoms with Crippen molar-refractivity contribution in [3.63, 3.8) is 0 Å². The Kier molecular flexibility index (Phi) is 4.98. The molecular weight excluding hydrogens is 384 g/mol. The third kappa shape index (κ3) is 3.46. The first-order valence-electron chi connectivity index (χ1n) is 5.67. The number of rotatable bonds is 5. The number of aliphatic hydroxyl groups excluding tert-OH is 1. The van der Waals surface area contributed by atoms with E-state index in [2.05, 4.69) is 25.6 Å². The molecule has 0 aliphatic carbocycles. The number of nitrogens with one attached hydrogen (secondary N) is 1. The van der Waals surface area contributed by atoms with E-state index in [1.165, 1.54) is 28.7 Å². The summed E-state index contributed by atoms with van der Waals surface area (Å²) in [4.78, 5) is 5.95. The largest absolute Gasteiger partial charge is 0.391 e. The van der Waals surface area contributed by atoms with Crippen LogP contribution in [0.3, 0.4) is 0 Å². The molecule has 2 rings (SSSR count). The molecule has 2 heterocycles. The van der Waals surface area contributed by atoms with E-state index in [0.717, 1.165) is 9.88 Å². The Morgan fingerprint density at radius 2 is 2.20 bits per heavy atom. The SMILES string of the molecule is Cc1cnc(C(C)NS(=O)(=O)c2cc(CO)sc2Br)s1. The number of aliphatic hydroxyl groups is 1. The van der Waals surface area contributed by atoms with E-state index in [-0.39, 0.29) is 11.5 Å². The molecule has 0 radical (unpaired) electrons. The van der Waals surface area contributed by atoms with Gasteiger partial charge in [-0.1, -0.05) is 0 Å². The minimum Gasteiger partial charge on any atom is -0.391 e. The molecule has 0 aromatic carbocycles. The molecule has 0 saturated heterocycles. The van der Waals surface area contributed by atoms with Crippen LogP contribution in [-0.2, 0) is 16.6 Å². The summed E-state index contributed by atoms with van der Waals surface area (Å²) >= 11 is 5.88. The van der Waals surface area contributed by atoms with E-state index in [1.54, 1.807) is 13.1 Å². The second kappa shape index (κ2) is 6.20. The van der Waals surface area contributed by atoms with Gasteiger partial charge >= 0.3 is 0 Å². The fourth-order valence-corrected chi connectivity index (χ4v) is 6.18. The van der Waals surface area contributed by atoms with E-state index in [9.17, 15) is 8.42 Å². The Bertz CT molecular complexity index is 708. The third-order valence-corrected chi connectivity index (χ3v) is 7.37. The Morgan fingerprint density at radius 3 is 2.70 bits per heavy atom. The summed E-state index contributed by atoms with van der Waals surface area (Å²) in [5.74, 6) is 0. The van der Waals surface area contributed by atoms with Crippen molar-refractivity contribution >= 4 is 48.6 Å². The first-order chi connectivity index (χ1) is 9.33. The van der Waals surface area contributed by atoms with Gasteiger partial charge in [0.2, 0.25) is 10.0 Å². The summed E-state index contributed by atoms with van der Waals surface area (Å²) < 4.78 is 27.7. The fraction of sp³-hybridized carbons (Fsp3) is 0.364. The Labute approximate surface area is 133 Å². The van der Waals surface area contributed by atoms with Crippen molar-refractivity contribution in [1.82, 2.24) is 9.71 Å². The predicted molar refractivity (Wildman–Crippen MR) is 83.5 cm³/mol. The monoisotopic (exact) mass is 396 g/mol. The molecule has 0 aliphatic heterocycles. The van der Waals surface area contributed by atoms with Gasteiger partial charge in [-0.25, -0.2) is 18.1 Å². The van der Waals surface area contributed by atoms with Gasteiger partial charge in [0.1, 0.15) is 9.90 Å². The number of sulfonamides is 1. The lowest BCUT2D eigenvalue weighted by Gasteiger charge is -2.11. The van der Waals surface area contributed by atoms with Gasteiger partial charge in [-0.15, -0.1) is 22.7 Å². The highest BCUT2D eigenvalue weighted by Gasteiger charge is 2.24. The molecule has 2 aromatic rings. The van der Waals surface area contributed by atoms with Crippen LogP contribution in [0, 0.1) is 6.92 Å². The van der Waals surface area contributed by atoms with Crippen LogP contribution in [0.5, 0.6) is 0 Å². The number of thiazole rings is 1. The van der Waals surface area contributed by atoms with E-state index in [4.69, 9.17) is 5.11 Å². The van der Waals surface area contributed by atoms with Crippen molar-refractivity contribution in [2.24, 2.45) is 0 Å². The zero-order valence-electron chi connectivity index (χ0n) is 10.8. The molecule has 0 saturated carbocycles. The van der Waals surface area contributed by atoms with Crippen molar-refractivity contribution in [1.29, 1.82) is 0 Å². The maximum atomic E-state index is 12.3. The molecule has 5 nitrogen and oxygen atoms in total. The van der Waals surface area contributed by atoms with Gasteiger partial charge < -0.3 is 5.11 Å². The predicted octanol–water partition coefficient (Wildman–Crippen LogP) is 2.81. The lowest BCUT2D eigenvalue weighted by Crippen LogP contribution is -2.26. The summed E-state index contributed by atoms with van der Waals surface area (Å²) in [6, 6.07) is 1.07. The standard InChI is InChI=1S/C11H13BrN2O3S3/c1-6-4-13-11(18-6)7(2)14-20(16,17)9-3-8(5-15)19-10(9)12/h3-4,7,14-15H,5H2,1-2H3. The summed E-state index contributed by atoms with van der Waals surface area (Å²) in [6.07, 6.45) is 1.72. The lowest BCUT2D eigenvalue weighted by molar-refractivity contribution is 0.285. The van der Waals surface area contributed by atoms with Crippen LogP contribution in [0.25, 0.3) is 0 Å². The topological polar surface area (TPSA) is 79.3 Å². The van der Waals surface area contributed by atoms with Gasteiger partial charge in [0.25, 0.3) is 0 Å². The minimum absolute atomic E-state index is 0.145. The Balaban J connectivity index is 2.24. The number of nitrogens with zero attached hydrogens (tertiary/aromatic N) is 1. The normalized spacial score (nSPS) is 13.6. The number of thiophene rings is 1. The van der Waals surface area contributed by atoms with Gasteiger partial charge in [0.15, 0.2) is 0 Å². The fourth-order valence-electron chi connectivity index (χ4n) is 1.58. The highest BCUT2D eigenvalue weighted by molar-refractivity contribution is 9.11. The molecule has 2 aromatic heterocycles. The third-order valence-electron chi connectivity index (χ3n) is 2.49. The highest BCUT2D eigenvalue weighted by Crippen LogP contribution is 2.32. The number of aromatic nitrogens is 1. The van der Waals surface area contributed by atoms with Crippen LogP contribution in [0.2, 0.25) is 0 Å². The van der Waals surface area contributed by atoms with Crippen molar-refractivity contribution in [3.8, 4) is 0 Å². The minimum atomic E-state index is -3.65. The molecule has 0 aliphatic rings. The lowest BCUT2D eigenvalue weighted by atomic mass is 10.4. The van der Waals surface area contributed by atoms with E-state index in [0.29, 0.717) is 8.66 Å². The van der Waals surface area contributed by atoms with Gasteiger partial charge in [-0.3, -0.25) is 0 Å². The number of aryl methyl sites for hydroxylation is 1. The van der Waals surface area contributed by atoms with Crippen LogP contribution in [0.1, 0.15) is 27.7 Å². The second-order valence-electron chi connectivity index (χ2n) is 4.16. The summed E-state index contributed by atoms with van der Waals surface area (Å²) in [5, 5.41) is 9.79. The van der Waals surface area contributed by atoms with Crippen molar-refractivity contribution < 1.29 is 13.5 Å². The number of halogens is 1. The summed E-state index contributed by atoms with van der Waals surface area (Å²) in [6.45, 7) is 3.49. The van der Waals surface area contributed by atoms with Crippen molar-refractivity contribution in [2.75, 3.05) is 0 Å². The molecule has 0 amide bonds. The van der Waals surface area contributed by atoms with Crippen LogP contribution in [-0.4, -0.2) is 18.5 Å². The van der Waals surface area contributed by atoms with E-state index < -0.39 is 16.1 Å². The van der Waals surface area contributed by atoms with Crippen LogP contribution < -0.4 is 4.72 Å². The molecule has 1 unspecified atom stereocenters. The average Bonchev–Trinajstić information content (AvgIpc) is 2.95. The quantitative estimate of drug-likeness (QED) is 0.813. The molecule has 0 bridgehead atoms. The van der Waals surface area contributed by atoms with Crippen molar-refractivity contribution in [3.05, 3.63) is 30.8 Å². The van der Waals surface area contributed by atoms with Gasteiger partial charge in [0.05, 0.1) is 16.4 Å².